The molecular weight excluding hydrogens is 254 g/mol. The van der Waals surface area contributed by atoms with E-state index >= 15 is 0 Å². The number of phenolic OH excluding ortho intramolecular Hbond substituents is 1. The van der Waals surface area contributed by atoms with Crippen LogP contribution in [0.15, 0.2) is 41.4 Å². The summed E-state index contributed by atoms with van der Waals surface area (Å²) in [7, 11) is 3.22. The maximum atomic E-state index is 9.23. The van der Waals surface area contributed by atoms with Gasteiger partial charge >= 0.3 is 0 Å². The number of benzene rings is 2. The van der Waals surface area contributed by atoms with Gasteiger partial charge in [0.25, 0.3) is 0 Å². The topological polar surface area (TPSA) is 51.0 Å². The SMILES string of the molecule is COc1cc(C)c(C=Nc2ccc(O)cc2)cc1OC. The third kappa shape index (κ3) is 3.09. The fraction of sp³-hybridized carbons (Fsp3) is 0.188. The summed E-state index contributed by atoms with van der Waals surface area (Å²) in [5, 5.41) is 9.23. The fourth-order valence-corrected chi connectivity index (χ4v) is 1.82. The van der Waals surface area contributed by atoms with Crippen molar-refractivity contribution in [2.24, 2.45) is 4.99 Å². The highest BCUT2D eigenvalue weighted by molar-refractivity contribution is 5.85. The van der Waals surface area contributed by atoms with Crippen molar-refractivity contribution in [2.75, 3.05) is 14.2 Å². The number of aromatic hydroxyl groups is 1. The summed E-state index contributed by atoms with van der Waals surface area (Å²) in [5.74, 6) is 1.60. The first kappa shape index (κ1) is 13.9. The molecule has 0 aliphatic rings. The zero-order chi connectivity index (χ0) is 14.5. The lowest BCUT2D eigenvalue weighted by atomic mass is 10.1. The van der Waals surface area contributed by atoms with Gasteiger partial charge in [0, 0.05) is 6.21 Å². The molecule has 20 heavy (non-hydrogen) atoms. The summed E-state index contributed by atoms with van der Waals surface area (Å²) in [6.45, 7) is 1.99. The molecule has 0 radical (unpaired) electrons. The average molecular weight is 271 g/mol. The Bertz CT molecular complexity index is 618. The number of ether oxygens (including phenoxy) is 2. The Morgan fingerprint density at radius 2 is 1.60 bits per heavy atom. The molecule has 2 aromatic carbocycles. The van der Waals surface area contributed by atoms with Gasteiger partial charge in [0.1, 0.15) is 5.75 Å². The van der Waals surface area contributed by atoms with Crippen LogP contribution in [0, 0.1) is 6.92 Å². The van der Waals surface area contributed by atoms with Crippen molar-refractivity contribution in [1.82, 2.24) is 0 Å². The van der Waals surface area contributed by atoms with Gasteiger partial charge in [-0.15, -0.1) is 0 Å². The monoisotopic (exact) mass is 271 g/mol. The molecule has 0 bridgehead atoms. The van der Waals surface area contributed by atoms with Crippen LogP contribution in [-0.4, -0.2) is 25.5 Å². The Hall–Kier alpha value is -2.49. The van der Waals surface area contributed by atoms with E-state index in [2.05, 4.69) is 4.99 Å². The number of aliphatic imine (C=N–C) groups is 1. The zero-order valence-corrected chi connectivity index (χ0v) is 11.8. The molecule has 0 saturated carbocycles. The van der Waals surface area contributed by atoms with E-state index in [1.165, 1.54) is 0 Å². The lowest BCUT2D eigenvalue weighted by molar-refractivity contribution is 0.354. The van der Waals surface area contributed by atoms with E-state index in [1.807, 2.05) is 19.1 Å². The van der Waals surface area contributed by atoms with E-state index in [9.17, 15) is 5.11 Å². The number of nitrogens with zero attached hydrogens (tertiary/aromatic N) is 1. The molecule has 0 heterocycles. The lowest BCUT2D eigenvalue weighted by Crippen LogP contribution is -1.95. The van der Waals surface area contributed by atoms with Crippen LogP contribution in [0.1, 0.15) is 11.1 Å². The Morgan fingerprint density at radius 1 is 1.00 bits per heavy atom. The molecule has 0 aliphatic carbocycles. The van der Waals surface area contributed by atoms with Crippen LogP contribution < -0.4 is 9.47 Å². The third-order valence-electron chi connectivity index (χ3n) is 2.97. The van der Waals surface area contributed by atoms with Crippen LogP contribution in [0.4, 0.5) is 5.69 Å². The van der Waals surface area contributed by atoms with E-state index in [-0.39, 0.29) is 5.75 Å². The second-order valence-corrected chi connectivity index (χ2v) is 4.34. The maximum absolute atomic E-state index is 9.23. The first-order valence-corrected chi connectivity index (χ1v) is 6.19. The minimum atomic E-state index is 0.228. The van der Waals surface area contributed by atoms with Gasteiger partial charge in [-0.3, -0.25) is 4.99 Å². The first-order valence-electron chi connectivity index (χ1n) is 6.19. The largest absolute Gasteiger partial charge is 0.508 e. The van der Waals surface area contributed by atoms with Crippen molar-refractivity contribution in [3.05, 3.63) is 47.5 Å². The first-order chi connectivity index (χ1) is 9.63. The summed E-state index contributed by atoms with van der Waals surface area (Å²) in [6, 6.07) is 10.5. The summed E-state index contributed by atoms with van der Waals surface area (Å²) in [5.41, 5.74) is 2.78. The predicted molar refractivity (Wildman–Crippen MR) is 79.6 cm³/mol. The number of rotatable bonds is 4. The maximum Gasteiger partial charge on any atom is 0.161 e. The number of phenols is 1. The quantitative estimate of drug-likeness (QED) is 0.866. The molecule has 0 aliphatic heterocycles. The molecule has 4 nitrogen and oxygen atoms in total. The minimum Gasteiger partial charge on any atom is -0.508 e. The van der Waals surface area contributed by atoms with Gasteiger partial charge in [0.05, 0.1) is 19.9 Å². The average Bonchev–Trinajstić information content (AvgIpc) is 2.47. The lowest BCUT2D eigenvalue weighted by Gasteiger charge is -2.10. The molecule has 0 spiro atoms. The molecule has 0 fully saturated rings. The summed E-state index contributed by atoms with van der Waals surface area (Å²) >= 11 is 0. The van der Waals surface area contributed by atoms with Gasteiger partial charge in [-0.05, 0) is 54.4 Å². The van der Waals surface area contributed by atoms with E-state index in [0.717, 1.165) is 16.8 Å². The van der Waals surface area contributed by atoms with Gasteiger partial charge in [-0.1, -0.05) is 0 Å². The Morgan fingerprint density at radius 3 is 2.20 bits per heavy atom. The normalized spacial score (nSPS) is 10.8. The predicted octanol–water partition coefficient (Wildman–Crippen LogP) is 3.47. The van der Waals surface area contributed by atoms with Crippen LogP contribution in [0.3, 0.4) is 0 Å². The highest BCUT2D eigenvalue weighted by Gasteiger charge is 2.06. The molecule has 0 amide bonds. The molecule has 2 rings (SSSR count). The van der Waals surface area contributed by atoms with Gasteiger partial charge in [-0.2, -0.15) is 0 Å². The van der Waals surface area contributed by atoms with E-state index in [4.69, 9.17) is 9.47 Å². The molecule has 0 atom stereocenters. The zero-order valence-electron chi connectivity index (χ0n) is 11.8. The van der Waals surface area contributed by atoms with Crippen molar-refractivity contribution in [2.45, 2.75) is 6.92 Å². The van der Waals surface area contributed by atoms with Crippen molar-refractivity contribution in [1.29, 1.82) is 0 Å². The van der Waals surface area contributed by atoms with E-state index in [0.29, 0.717) is 11.5 Å². The van der Waals surface area contributed by atoms with Crippen LogP contribution in [0.5, 0.6) is 17.2 Å². The van der Waals surface area contributed by atoms with E-state index < -0.39 is 0 Å². The molecule has 0 unspecified atom stereocenters. The molecule has 1 N–H and O–H groups in total. The second kappa shape index (κ2) is 6.10. The molecule has 4 heteroatoms. The van der Waals surface area contributed by atoms with Crippen molar-refractivity contribution < 1.29 is 14.6 Å². The Kier molecular flexibility index (Phi) is 4.25. The fourth-order valence-electron chi connectivity index (χ4n) is 1.82. The van der Waals surface area contributed by atoms with E-state index in [1.54, 1.807) is 44.7 Å². The minimum absolute atomic E-state index is 0.228. The van der Waals surface area contributed by atoms with Crippen molar-refractivity contribution in [3.63, 3.8) is 0 Å². The summed E-state index contributed by atoms with van der Waals surface area (Å²) in [6.07, 6.45) is 1.77. The number of methoxy groups -OCH3 is 2. The number of hydrogen-bond acceptors (Lipinski definition) is 4. The molecule has 2 aromatic rings. The van der Waals surface area contributed by atoms with Crippen LogP contribution >= 0.6 is 0 Å². The molecule has 0 saturated heterocycles. The van der Waals surface area contributed by atoms with Crippen LogP contribution in [-0.2, 0) is 0 Å². The standard InChI is InChI=1S/C16H17NO3/c1-11-8-15(19-2)16(20-3)9-12(11)10-17-13-4-6-14(18)7-5-13/h4-10,18H,1-3H3. The third-order valence-corrected chi connectivity index (χ3v) is 2.97. The van der Waals surface area contributed by atoms with Crippen LogP contribution in [0.25, 0.3) is 0 Å². The van der Waals surface area contributed by atoms with Crippen molar-refractivity contribution in [3.8, 4) is 17.2 Å². The summed E-state index contributed by atoms with van der Waals surface area (Å²) in [4.78, 5) is 4.38. The summed E-state index contributed by atoms with van der Waals surface area (Å²) < 4.78 is 10.5. The second-order valence-electron chi connectivity index (χ2n) is 4.34. The molecule has 104 valence electrons. The molecular formula is C16H17NO3. The highest BCUT2D eigenvalue weighted by atomic mass is 16.5. The van der Waals surface area contributed by atoms with Gasteiger partial charge in [0.15, 0.2) is 11.5 Å². The van der Waals surface area contributed by atoms with Crippen LogP contribution in [0.2, 0.25) is 0 Å². The smallest absolute Gasteiger partial charge is 0.161 e. The highest BCUT2D eigenvalue weighted by Crippen LogP contribution is 2.29. The molecule has 0 aromatic heterocycles. The Labute approximate surface area is 118 Å². The van der Waals surface area contributed by atoms with Gasteiger partial charge in [-0.25, -0.2) is 0 Å². The van der Waals surface area contributed by atoms with Gasteiger partial charge in [0.2, 0.25) is 0 Å². The van der Waals surface area contributed by atoms with Crippen molar-refractivity contribution >= 4 is 11.9 Å². The van der Waals surface area contributed by atoms with Gasteiger partial charge < -0.3 is 14.6 Å². The Balaban J connectivity index is 2.31. The number of hydrogen-bond donors (Lipinski definition) is 1. The number of aryl methyl sites for hydroxylation is 1.